The van der Waals surface area contributed by atoms with E-state index in [2.05, 4.69) is 25.4 Å². The Balaban J connectivity index is 2.06. The van der Waals surface area contributed by atoms with Gasteiger partial charge in [0.25, 0.3) is 10.0 Å². The molecule has 1 aromatic heterocycles. The predicted molar refractivity (Wildman–Crippen MR) is 107 cm³/mol. The van der Waals surface area contributed by atoms with Gasteiger partial charge in [-0.3, -0.25) is 4.31 Å². The number of aromatic nitrogens is 1. The summed E-state index contributed by atoms with van der Waals surface area (Å²) in [4.78, 5) is 0.296. The van der Waals surface area contributed by atoms with Crippen molar-refractivity contribution in [2.24, 2.45) is 7.05 Å². The molecule has 0 amide bonds. The maximum Gasteiger partial charge on any atom is 0.264 e. The fourth-order valence-corrected chi connectivity index (χ4v) is 4.31. The van der Waals surface area contributed by atoms with Gasteiger partial charge < -0.3 is 4.57 Å². The molecule has 1 heterocycles. The lowest BCUT2D eigenvalue weighted by Crippen LogP contribution is -2.26. The second-order valence-electron chi connectivity index (χ2n) is 6.86. The first-order valence-corrected chi connectivity index (χ1v) is 9.93. The van der Waals surface area contributed by atoms with Crippen LogP contribution in [0.2, 0.25) is 0 Å². The summed E-state index contributed by atoms with van der Waals surface area (Å²) in [5, 5.41) is 0. The van der Waals surface area contributed by atoms with E-state index < -0.39 is 10.0 Å². The molecule has 0 aliphatic rings. The third-order valence-corrected chi connectivity index (χ3v) is 6.37. The summed E-state index contributed by atoms with van der Waals surface area (Å²) in [6.07, 6.45) is 4.12. The minimum Gasteiger partial charge on any atom is -0.356 e. The zero-order valence-electron chi connectivity index (χ0n) is 15.8. The molecule has 0 fully saturated rings. The molecule has 0 aliphatic carbocycles. The standard InChI is InChI=1S/C21H24N2O2S/c1-15-6-8-20(9-7-15)26(24,25)23(5)19-11-16(2)10-18(12-19)21-14-22(4)13-17(21)3/h6-14H,1-5H3. The molecule has 0 bridgehead atoms. The molecule has 0 radical (unpaired) electrons. The average Bonchev–Trinajstić information content (AvgIpc) is 2.92. The van der Waals surface area contributed by atoms with Gasteiger partial charge in [-0.25, -0.2) is 8.42 Å². The summed E-state index contributed by atoms with van der Waals surface area (Å²) < 4.78 is 29.4. The Hall–Kier alpha value is -2.53. The minimum absolute atomic E-state index is 0.296. The Morgan fingerprint density at radius 1 is 0.885 bits per heavy atom. The molecule has 5 heteroatoms. The maximum absolute atomic E-state index is 13.0. The Kier molecular flexibility index (Phi) is 4.67. The molecule has 3 aromatic rings. The van der Waals surface area contributed by atoms with Crippen LogP contribution in [0.15, 0.2) is 59.8 Å². The Morgan fingerprint density at radius 2 is 1.54 bits per heavy atom. The van der Waals surface area contributed by atoms with Gasteiger partial charge in [0, 0.05) is 32.1 Å². The van der Waals surface area contributed by atoms with E-state index in [0.29, 0.717) is 10.6 Å². The summed E-state index contributed by atoms with van der Waals surface area (Å²) in [5.74, 6) is 0. The van der Waals surface area contributed by atoms with Crippen molar-refractivity contribution in [2.75, 3.05) is 11.4 Å². The van der Waals surface area contributed by atoms with Crippen LogP contribution in [0.3, 0.4) is 0 Å². The quantitative estimate of drug-likeness (QED) is 0.683. The fourth-order valence-electron chi connectivity index (χ4n) is 3.13. The highest BCUT2D eigenvalue weighted by atomic mass is 32.2. The van der Waals surface area contributed by atoms with Crippen molar-refractivity contribution in [1.29, 1.82) is 0 Å². The van der Waals surface area contributed by atoms with Crippen LogP contribution in [0.4, 0.5) is 5.69 Å². The Morgan fingerprint density at radius 3 is 2.12 bits per heavy atom. The van der Waals surface area contributed by atoms with Gasteiger partial charge in [-0.15, -0.1) is 0 Å². The lowest BCUT2D eigenvalue weighted by atomic mass is 10.0. The molecule has 0 saturated carbocycles. The normalized spacial score (nSPS) is 11.6. The number of sulfonamides is 1. The summed E-state index contributed by atoms with van der Waals surface area (Å²) in [6.45, 7) is 5.98. The van der Waals surface area contributed by atoms with Crippen LogP contribution >= 0.6 is 0 Å². The van der Waals surface area contributed by atoms with Crippen molar-refractivity contribution in [3.63, 3.8) is 0 Å². The summed E-state index contributed by atoms with van der Waals surface area (Å²) >= 11 is 0. The Bertz CT molecular complexity index is 1050. The molecular formula is C21H24N2O2S. The molecule has 136 valence electrons. The number of hydrogen-bond acceptors (Lipinski definition) is 2. The van der Waals surface area contributed by atoms with E-state index in [1.807, 2.05) is 49.7 Å². The van der Waals surface area contributed by atoms with Crippen molar-refractivity contribution < 1.29 is 8.42 Å². The molecule has 0 unspecified atom stereocenters. The molecule has 26 heavy (non-hydrogen) atoms. The SMILES string of the molecule is Cc1ccc(S(=O)(=O)N(C)c2cc(C)cc(-c3cn(C)cc3C)c2)cc1. The monoisotopic (exact) mass is 368 g/mol. The zero-order chi connectivity index (χ0) is 19.1. The molecule has 4 nitrogen and oxygen atoms in total. The molecule has 0 spiro atoms. The van der Waals surface area contributed by atoms with Gasteiger partial charge in [-0.05, 0) is 61.7 Å². The number of rotatable bonds is 4. The highest BCUT2D eigenvalue weighted by Gasteiger charge is 2.22. The number of nitrogens with zero attached hydrogens (tertiary/aromatic N) is 2. The van der Waals surface area contributed by atoms with E-state index in [1.165, 1.54) is 4.31 Å². The van der Waals surface area contributed by atoms with E-state index in [9.17, 15) is 8.42 Å². The van der Waals surface area contributed by atoms with Crippen molar-refractivity contribution in [1.82, 2.24) is 4.57 Å². The third kappa shape index (κ3) is 3.40. The number of aryl methyl sites for hydroxylation is 4. The summed E-state index contributed by atoms with van der Waals surface area (Å²) in [5.41, 5.74) is 6.00. The van der Waals surface area contributed by atoms with Crippen LogP contribution < -0.4 is 4.31 Å². The first-order valence-electron chi connectivity index (χ1n) is 8.49. The summed E-state index contributed by atoms with van der Waals surface area (Å²) in [6, 6.07) is 12.8. The third-order valence-electron chi connectivity index (χ3n) is 4.57. The molecule has 0 aliphatic heterocycles. The predicted octanol–water partition coefficient (Wildman–Crippen LogP) is 4.44. The minimum atomic E-state index is -3.60. The number of anilines is 1. The van der Waals surface area contributed by atoms with E-state index >= 15 is 0 Å². The van der Waals surface area contributed by atoms with E-state index in [4.69, 9.17) is 0 Å². The molecular weight excluding hydrogens is 344 g/mol. The topological polar surface area (TPSA) is 42.3 Å². The largest absolute Gasteiger partial charge is 0.356 e. The maximum atomic E-state index is 13.0. The van der Waals surface area contributed by atoms with Crippen molar-refractivity contribution in [3.05, 3.63) is 71.5 Å². The highest BCUT2D eigenvalue weighted by molar-refractivity contribution is 7.92. The van der Waals surface area contributed by atoms with Gasteiger partial charge in [-0.2, -0.15) is 0 Å². The van der Waals surface area contributed by atoms with Gasteiger partial charge >= 0.3 is 0 Å². The number of benzene rings is 2. The van der Waals surface area contributed by atoms with E-state index in [-0.39, 0.29) is 0 Å². The zero-order valence-corrected chi connectivity index (χ0v) is 16.6. The second kappa shape index (κ2) is 6.65. The van der Waals surface area contributed by atoms with Crippen LogP contribution in [0.1, 0.15) is 16.7 Å². The van der Waals surface area contributed by atoms with Gasteiger partial charge in [0.05, 0.1) is 10.6 Å². The molecule has 0 N–H and O–H groups in total. The van der Waals surface area contributed by atoms with Crippen LogP contribution in [0.5, 0.6) is 0 Å². The molecule has 3 rings (SSSR count). The second-order valence-corrected chi connectivity index (χ2v) is 8.83. The van der Waals surface area contributed by atoms with Gasteiger partial charge in [0.15, 0.2) is 0 Å². The number of hydrogen-bond donors (Lipinski definition) is 0. The molecule has 0 saturated heterocycles. The first kappa shape index (κ1) is 18.3. The molecule has 0 atom stereocenters. The van der Waals surface area contributed by atoms with Gasteiger partial charge in [-0.1, -0.05) is 23.8 Å². The van der Waals surface area contributed by atoms with Gasteiger partial charge in [0.2, 0.25) is 0 Å². The lowest BCUT2D eigenvalue weighted by molar-refractivity contribution is 0.594. The van der Waals surface area contributed by atoms with Crippen molar-refractivity contribution in [3.8, 4) is 11.1 Å². The fraction of sp³-hybridized carbons (Fsp3) is 0.238. The van der Waals surface area contributed by atoms with E-state index in [1.54, 1.807) is 19.2 Å². The highest BCUT2D eigenvalue weighted by Crippen LogP contribution is 2.31. The lowest BCUT2D eigenvalue weighted by Gasteiger charge is -2.21. The summed E-state index contributed by atoms with van der Waals surface area (Å²) in [7, 11) is -0.0112. The average molecular weight is 369 g/mol. The van der Waals surface area contributed by atoms with Crippen molar-refractivity contribution in [2.45, 2.75) is 25.7 Å². The molecule has 2 aromatic carbocycles. The smallest absolute Gasteiger partial charge is 0.264 e. The van der Waals surface area contributed by atoms with Crippen LogP contribution in [0.25, 0.3) is 11.1 Å². The van der Waals surface area contributed by atoms with Crippen LogP contribution in [-0.2, 0) is 17.1 Å². The Labute approximate surface area is 155 Å². The van der Waals surface area contributed by atoms with Gasteiger partial charge in [0.1, 0.15) is 0 Å². The van der Waals surface area contributed by atoms with Crippen molar-refractivity contribution >= 4 is 15.7 Å². The first-order chi connectivity index (χ1) is 12.2. The van der Waals surface area contributed by atoms with E-state index in [0.717, 1.165) is 27.8 Å². The van der Waals surface area contributed by atoms with Crippen LogP contribution in [0, 0.1) is 20.8 Å². The van der Waals surface area contributed by atoms with Crippen LogP contribution in [-0.4, -0.2) is 20.0 Å².